The van der Waals surface area contributed by atoms with Gasteiger partial charge in [0.2, 0.25) is 5.91 Å². The number of phenolic OH excluding ortho intramolecular Hbond substituents is 1. The second kappa shape index (κ2) is 6.13. The van der Waals surface area contributed by atoms with Crippen LogP contribution in [0.25, 0.3) is 0 Å². The number of phenols is 1. The molecular formula is C19H20FN3O2. The molecule has 2 heterocycles. The Morgan fingerprint density at radius 2 is 1.96 bits per heavy atom. The van der Waals surface area contributed by atoms with Crippen molar-refractivity contribution in [1.82, 2.24) is 10.9 Å². The molecule has 1 fully saturated rings. The molecule has 2 aliphatic rings. The Morgan fingerprint density at radius 3 is 2.72 bits per heavy atom. The van der Waals surface area contributed by atoms with Crippen LogP contribution in [0.1, 0.15) is 35.1 Å². The number of carbonyl (C=O) groups excluding carboxylic acids is 1. The van der Waals surface area contributed by atoms with Gasteiger partial charge in [0, 0.05) is 36.6 Å². The normalized spacial score (nSPS) is 25.5. The summed E-state index contributed by atoms with van der Waals surface area (Å²) in [6, 6.07) is 10.0. The summed E-state index contributed by atoms with van der Waals surface area (Å²) in [7, 11) is 0. The zero-order valence-electron chi connectivity index (χ0n) is 13.8. The van der Waals surface area contributed by atoms with Gasteiger partial charge in [-0.1, -0.05) is 18.2 Å². The highest BCUT2D eigenvalue weighted by Gasteiger charge is 2.39. The summed E-state index contributed by atoms with van der Waals surface area (Å²) in [5.41, 5.74) is 9.93. The lowest BCUT2D eigenvalue weighted by molar-refractivity contribution is -0.117. The van der Waals surface area contributed by atoms with Crippen LogP contribution >= 0.6 is 0 Å². The minimum Gasteiger partial charge on any atom is -0.508 e. The number of hydrogen-bond donors (Lipinski definition) is 4. The van der Waals surface area contributed by atoms with Crippen LogP contribution in [0, 0.1) is 18.7 Å². The molecular weight excluding hydrogens is 321 g/mol. The summed E-state index contributed by atoms with van der Waals surface area (Å²) in [5, 5.41) is 12.8. The molecule has 130 valence electrons. The number of rotatable bonds is 2. The topological polar surface area (TPSA) is 73.4 Å². The molecule has 0 saturated carbocycles. The Morgan fingerprint density at radius 1 is 1.20 bits per heavy atom. The van der Waals surface area contributed by atoms with Gasteiger partial charge in [-0.3, -0.25) is 10.2 Å². The van der Waals surface area contributed by atoms with Gasteiger partial charge in [0.1, 0.15) is 11.6 Å². The van der Waals surface area contributed by atoms with Crippen molar-refractivity contribution in [3.05, 3.63) is 58.9 Å². The molecule has 25 heavy (non-hydrogen) atoms. The number of aryl methyl sites for hydroxylation is 1. The maximum absolute atomic E-state index is 13.2. The smallest absolute Gasteiger partial charge is 0.225 e. The fourth-order valence-corrected chi connectivity index (χ4v) is 3.91. The Bertz CT molecular complexity index is 822. The van der Waals surface area contributed by atoms with Crippen LogP contribution < -0.4 is 16.2 Å². The molecule has 0 aliphatic carbocycles. The molecule has 4 rings (SSSR count). The highest BCUT2D eigenvalue weighted by atomic mass is 19.1. The number of carbonyl (C=O) groups is 1. The predicted octanol–water partition coefficient (Wildman–Crippen LogP) is 2.73. The third-order valence-electron chi connectivity index (χ3n) is 5.22. The van der Waals surface area contributed by atoms with Gasteiger partial charge in [-0.2, -0.15) is 0 Å². The van der Waals surface area contributed by atoms with Crippen LogP contribution in [0.15, 0.2) is 36.4 Å². The van der Waals surface area contributed by atoms with E-state index in [0.717, 1.165) is 16.7 Å². The molecule has 0 aromatic heterocycles. The highest BCUT2D eigenvalue weighted by molar-refractivity contribution is 5.95. The van der Waals surface area contributed by atoms with Crippen molar-refractivity contribution < 1.29 is 14.3 Å². The average Bonchev–Trinajstić information content (AvgIpc) is 3.06. The van der Waals surface area contributed by atoms with Crippen LogP contribution in [0.4, 0.5) is 10.1 Å². The summed E-state index contributed by atoms with van der Waals surface area (Å²) in [6.07, 6.45) is 0.392. The number of aromatic hydroxyl groups is 1. The van der Waals surface area contributed by atoms with Crippen LogP contribution in [0.3, 0.4) is 0 Å². The molecule has 1 saturated heterocycles. The van der Waals surface area contributed by atoms with Crippen molar-refractivity contribution in [1.29, 1.82) is 0 Å². The first-order valence-corrected chi connectivity index (χ1v) is 8.40. The quantitative estimate of drug-likeness (QED) is 0.678. The van der Waals surface area contributed by atoms with E-state index in [0.29, 0.717) is 18.7 Å². The maximum Gasteiger partial charge on any atom is 0.225 e. The van der Waals surface area contributed by atoms with E-state index in [1.165, 1.54) is 12.1 Å². The molecule has 4 N–H and O–H groups in total. The first-order chi connectivity index (χ1) is 12.0. The summed E-state index contributed by atoms with van der Waals surface area (Å²) >= 11 is 0. The first kappa shape index (κ1) is 16.1. The fourth-order valence-electron chi connectivity index (χ4n) is 3.91. The van der Waals surface area contributed by atoms with Gasteiger partial charge >= 0.3 is 0 Å². The molecule has 2 aromatic carbocycles. The van der Waals surface area contributed by atoms with Crippen molar-refractivity contribution >= 4 is 11.6 Å². The van der Waals surface area contributed by atoms with E-state index in [1.807, 2.05) is 13.0 Å². The van der Waals surface area contributed by atoms with Gasteiger partial charge in [-0.15, -0.1) is 0 Å². The molecule has 2 aromatic rings. The lowest BCUT2D eigenvalue weighted by atomic mass is 9.75. The number of fused-ring (bicyclic) bond motifs is 1. The lowest BCUT2D eigenvalue weighted by Gasteiger charge is -2.33. The van der Waals surface area contributed by atoms with Crippen molar-refractivity contribution in [2.24, 2.45) is 5.92 Å². The second-order valence-electron chi connectivity index (χ2n) is 6.80. The number of amides is 1. The Labute approximate surface area is 145 Å². The summed E-state index contributed by atoms with van der Waals surface area (Å²) in [5.74, 6) is 0.0162. The standard InChI is InChI=1S/C19H20FN3O2/c1-10-6-14-13(7-18(25)22-16(14)8-17(10)24)15-9-21-23-19(15)11-2-4-12(20)5-3-11/h2-6,8,13,15,19,21,23-24H,7,9H2,1H3,(H,22,25). The third-order valence-corrected chi connectivity index (χ3v) is 5.22. The molecule has 5 nitrogen and oxygen atoms in total. The first-order valence-electron chi connectivity index (χ1n) is 8.40. The number of benzene rings is 2. The van der Waals surface area contributed by atoms with E-state index in [9.17, 15) is 14.3 Å². The minimum absolute atomic E-state index is 0.0144. The van der Waals surface area contributed by atoms with Crippen molar-refractivity contribution in [3.63, 3.8) is 0 Å². The Balaban J connectivity index is 1.72. The van der Waals surface area contributed by atoms with Crippen LogP contribution in [-0.4, -0.2) is 17.6 Å². The van der Waals surface area contributed by atoms with Gasteiger partial charge in [0.15, 0.2) is 0 Å². The molecule has 0 radical (unpaired) electrons. The molecule has 3 atom stereocenters. The van der Waals surface area contributed by atoms with Gasteiger partial charge in [-0.25, -0.2) is 9.82 Å². The summed E-state index contributed by atoms with van der Waals surface area (Å²) < 4.78 is 13.2. The van der Waals surface area contributed by atoms with E-state index in [1.54, 1.807) is 18.2 Å². The molecule has 3 unspecified atom stereocenters. The largest absolute Gasteiger partial charge is 0.508 e. The van der Waals surface area contributed by atoms with Crippen LogP contribution in [0.5, 0.6) is 5.75 Å². The van der Waals surface area contributed by atoms with E-state index in [2.05, 4.69) is 16.2 Å². The number of nitrogens with one attached hydrogen (secondary N) is 3. The van der Waals surface area contributed by atoms with E-state index < -0.39 is 0 Å². The molecule has 1 amide bonds. The SMILES string of the molecule is Cc1cc2c(cc1O)NC(=O)CC2C1CNNC1c1ccc(F)cc1. The maximum atomic E-state index is 13.2. The van der Waals surface area contributed by atoms with Crippen LogP contribution in [0.2, 0.25) is 0 Å². The lowest BCUT2D eigenvalue weighted by Crippen LogP contribution is -2.31. The monoisotopic (exact) mass is 341 g/mol. The predicted molar refractivity (Wildman–Crippen MR) is 92.6 cm³/mol. The summed E-state index contributed by atoms with van der Waals surface area (Å²) in [6.45, 7) is 2.56. The van der Waals surface area contributed by atoms with Crippen LogP contribution in [-0.2, 0) is 4.79 Å². The van der Waals surface area contributed by atoms with E-state index in [4.69, 9.17) is 0 Å². The van der Waals surface area contributed by atoms with E-state index >= 15 is 0 Å². The van der Waals surface area contributed by atoms with Crippen molar-refractivity contribution in [2.75, 3.05) is 11.9 Å². The Kier molecular flexibility index (Phi) is 3.94. The third kappa shape index (κ3) is 2.88. The number of hydrogen-bond acceptors (Lipinski definition) is 4. The molecule has 0 spiro atoms. The van der Waals surface area contributed by atoms with E-state index in [-0.39, 0.29) is 35.4 Å². The number of hydrazine groups is 1. The second-order valence-corrected chi connectivity index (χ2v) is 6.80. The van der Waals surface area contributed by atoms with Crippen molar-refractivity contribution in [2.45, 2.75) is 25.3 Å². The zero-order chi connectivity index (χ0) is 17.6. The minimum atomic E-state index is -0.264. The summed E-state index contributed by atoms with van der Waals surface area (Å²) in [4.78, 5) is 12.2. The average molecular weight is 341 g/mol. The number of anilines is 1. The fraction of sp³-hybridized carbons (Fsp3) is 0.316. The molecule has 0 bridgehead atoms. The van der Waals surface area contributed by atoms with Gasteiger partial charge in [-0.05, 0) is 35.7 Å². The zero-order valence-corrected chi connectivity index (χ0v) is 13.8. The molecule has 2 aliphatic heterocycles. The Hall–Kier alpha value is -2.44. The highest BCUT2D eigenvalue weighted by Crippen LogP contribution is 2.44. The van der Waals surface area contributed by atoms with Gasteiger partial charge in [0.05, 0.1) is 6.04 Å². The van der Waals surface area contributed by atoms with Gasteiger partial charge < -0.3 is 10.4 Å². The number of halogens is 1. The van der Waals surface area contributed by atoms with Gasteiger partial charge in [0.25, 0.3) is 0 Å². The molecule has 6 heteroatoms. The van der Waals surface area contributed by atoms with Crippen molar-refractivity contribution in [3.8, 4) is 5.75 Å².